The summed E-state index contributed by atoms with van der Waals surface area (Å²) in [4.78, 5) is 39.6. The molecule has 1 aliphatic rings. The first-order valence-corrected chi connectivity index (χ1v) is 16.4. The molecule has 0 radical (unpaired) electrons. The molecule has 5 N–H and O–H groups in total. The summed E-state index contributed by atoms with van der Waals surface area (Å²) in [5, 5.41) is 6.92. The number of nitrogens with zero attached hydrogens (tertiary/aromatic N) is 5. The minimum atomic E-state index is -0.894. The number of aromatic amines is 1. The lowest BCUT2D eigenvalue weighted by atomic mass is 9.81. The van der Waals surface area contributed by atoms with E-state index >= 15 is 0 Å². The van der Waals surface area contributed by atoms with Crippen molar-refractivity contribution in [1.29, 1.82) is 0 Å². The van der Waals surface area contributed by atoms with E-state index in [2.05, 4.69) is 25.1 Å². The van der Waals surface area contributed by atoms with Crippen LogP contribution in [0.2, 0.25) is 5.28 Å². The van der Waals surface area contributed by atoms with Gasteiger partial charge in [0, 0.05) is 48.0 Å². The fourth-order valence-electron chi connectivity index (χ4n) is 6.01. The van der Waals surface area contributed by atoms with Gasteiger partial charge in [-0.3, -0.25) is 14.5 Å². The summed E-state index contributed by atoms with van der Waals surface area (Å²) in [6.07, 6.45) is 6.18. The van der Waals surface area contributed by atoms with Gasteiger partial charge in [0.25, 0.3) is 0 Å². The number of amides is 2. The molecule has 0 saturated heterocycles. The Morgan fingerprint density at radius 1 is 0.979 bits per heavy atom. The van der Waals surface area contributed by atoms with Crippen LogP contribution in [0.1, 0.15) is 37.7 Å². The zero-order valence-corrected chi connectivity index (χ0v) is 28.9. The molecule has 1 fully saturated rings. The quantitative estimate of drug-likeness (QED) is 0.153. The van der Waals surface area contributed by atoms with Crippen molar-refractivity contribution in [2.24, 2.45) is 23.3 Å². The standard InChI is InChI=1S/C35H43ClN8O3.ClH/c1-43(2)18-3-19-47-31-17-14-28(22-39-31)25-8-4-23(5-9-25)20-30(32(38)45)44(34(46)27-10-6-24(21-37)7-11-27)29-15-12-26(13-16-29)33-40-35(36)42-41-33;/h4-5,8-9,12-17,22,24,27,30H,3,6-7,10-11,18-21,37H2,1-2H3,(H2,38,45)(H,40,41,42);1H/t24?,27?,30-;/m0./s1. The smallest absolute Gasteiger partial charge is 0.240 e. The van der Waals surface area contributed by atoms with Gasteiger partial charge < -0.3 is 21.1 Å². The topological polar surface area (TPSA) is 156 Å². The highest BCUT2D eigenvalue weighted by Crippen LogP contribution is 2.33. The van der Waals surface area contributed by atoms with Crippen molar-refractivity contribution in [2.75, 3.05) is 38.7 Å². The number of rotatable bonds is 14. The van der Waals surface area contributed by atoms with Gasteiger partial charge in [-0.2, -0.15) is 10.1 Å². The zero-order chi connectivity index (χ0) is 33.3. The number of nitrogens with two attached hydrogens (primary N) is 2. The molecule has 4 aromatic rings. The van der Waals surface area contributed by atoms with Crippen LogP contribution in [-0.2, 0) is 16.0 Å². The fourth-order valence-corrected chi connectivity index (χ4v) is 6.14. The van der Waals surface area contributed by atoms with E-state index in [0.717, 1.165) is 60.9 Å². The summed E-state index contributed by atoms with van der Waals surface area (Å²) < 4.78 is 5.76. The third-order valence-electron chi connectivity index (χ3n) is 8.72. The largest absolute Gasteiger partial charge is 0.478 e. The highest BCUT2D eigenvalue weighted by molar-refractivity contribution is 6.28. The van der Waals surface area contributed by atoms with Crippen LogP contribution >= 0.6 is 24.0 Å². The SMILES string of the molecule is CN(C)CCCOc1ccc(-c2ccc(C[C@@H](C(N)=O)N(C(=O)C3CCC(CN)CC3)c3ccc(-c4n[nH]c(Cl)n4)cc3)cc2)cn1.Cl. The monoisotopic (exact) mass is 694 g/mol. The Bertz CT molecular complexity index is 1610. The maximum Gasteiger partial charge on any atom is 0.240 e. The van der Waals surface area contributed by atoms with Gasteiger partial charge >= 0.3 is 0 Å². The number of H-pyrrole nitrogens is 1. The van der Waals surface area contributed by atoms with E-state index < -0.39 is 11.9 Å². The van der Waals surface area contributed by atoms with Crippen molar-refractivity contribution in [1.82, 2.24) is 25.1 Å². The number of hydrogen-bond donors (Lipinski definition) is 3. The third-order valence-corrected chi connectivity index (χ3v) is 8.89. The van der Waals surface area contributed by atoms with Crippen LogP contribution in [0.25, 0.3) is 22.5 Å². The summed E-state index contributed by atoms with van der Waals surface area (Å²) in [7, 11) is 4.07. The number of hydrogen-bond acceptors (Lipinski definition) is 8. The number of benzene rings is 2. The molecule has 1 aliphatic carbocycles. The molecule has 256 valence electrons. The second-order valence-electron chi connectivity index (χ2n) is 12.4. The molecule has 0 spiro atoms. The van der Waals surface area contributed by atoms with Crippen LogP contribution in [0.3, 0.4) is 0 Å². The van der Waals surface area contributed by atoms with Crippen molar-refractivity contribution < 1.29 is 14.3 Å². The molecule has 0 unspecified atom stereocenters. The summed E-state index contributed by atoms with van der Waals surface area (Å²) in [6.45, 7) is 2.17. The number of halogens is 2. The van der Waals surface area contributed by atoms with Gasteiger partial charge in [-0.1, -0.05) is 24.3 Å². The Hall–Kier alpha value is -4.03. The molecule has 2 amide bonds. The van der Waals surface area contributed by atoms with E-state index in [1.165, 1.54) is 0 Å². The average molecular weight is 696 g/mol. The molecule has 1 saturated carbocycles. The number of carbonyl (C=O) groups excluding carboxylic acids is 2. The minimum Gasteiger partial charge on any atom is -0.478 e. The number of primary amides is 1. The first-order chi connectivity index (χ1) is 22.7. The van der Waals surface area contributed by atoms with Gasteiger partial charge in [0.2, 0.25) is 23.0 Å². The van der Waals surface area contributed by atoms with Crippen molar-refractivity contribution in [3.05, 3.63) is 77.7 Å². The molecular weight excluding hydrogens is 651 g/mol. The van der Waals surface area contributed by atoms with Crippen LogP contribution in [0.15, 0.2) is 66.9 Å². The average Bonchev–Trinajstić information content (AvgIpc) is 3.53. The summed E-state index contributed by atoms with van der Waals surface area (Å²) in [5.74, 6) is 0.534. The van der Waals surface area contributed by atoms with Crippen LogP contribution in [-0.4, -0.2) is 76.7 Å². The number of nitrogens with one attached hydrogen (secondary N) is 1. The lowest BCUT2D eigenvalue weighted by molar-refractivity contribution is -0.127. The van der Waals surface area contributed by atoms with E-state index in [9.17, 15) is 9.59 Å². The molecule has 13 heteroatoms. The van der Waals surface area contributed by atoms with Gasteiger partial charge in [-0.25, -0.2) is 10.1 Å². The minimum absolute atomic E-state index is 0. The first-order valence-electron chi connectivity index (χ1n) is 16.1. The molecule has 11 nitrogen and oxygen atoms in total. The van der Waals surface area contributed by atoms with Gasteiger partial charge in [0.15, 0.2) is 5.82 Å². The molecule has 2 aromatic carbocycles. The Balaban J connectivity index is 0.00000520. The van der Waals surface area contributed by atoms with E-state index in [1.807, 2.05) is 50.5 Å². The number of pyridine rings is 1. The Kier molecular flexibility index (Phi) is 13.3. The predicted molar refractivity (Wildman–Crippen MR) is 191 cm³/mol. The second kappa shape index (κ2) is 17.4. The maximum atomic E-state index is 14.2. The summed E-state index contributed by atoms with van der Waals surface area (Å²) >= 11 is 5.92. The third kappa shape index (κ3) is 9.53. The number of ether oxygens (including phenoxy) is 1. The Morgan fingerprint density at radius 2 is 1.65 bits per heavy atom. The van der Waals surface area contributed by atoms with Crippen molar-refractivity contribution in [2.45, 2.75) is 44.6 Å². The van der Waals surface area contributed by atoms with E-state index in [1.54, 1.807) is 35.4 Å². The molecular formula is C35H44Cl2N8O3. The second-order valence-corrected chi connectivity index (χ2v) is 12.7. The molecule has 0 aliphatic heterocycles. The zero-order valence-electron chi connectivity index (χ0n) is 27.3. The Labute approximate surface area is 292 Å². The van der Waals surface area contributed by atoms with Gasteiger partial charge in [0.05, 0.1) is 6.61 Å². The molecule has 1 atom stereocenters. The van der Waals surface area contributed by atoms with Gasteiger partial charge in [-0.05, 0) is 112 Å². The van der Waals surface area contributed by atoms with Crippen LogP contribution in [0.4, 0.5) is 5.69 Å². The molecule has 2 heterocycles. The van der Waals surface area contributed by atoms with E-state index in [0.29, 0.717) is 36.5 Å². The Morgan fingerprint density at radius 3 is 2.21 bits per heavy atom. The highest BCUT2D eigenvalue weighted by atomic mass is 35.5. The number of aromatic nitrogens is 4. The van der Waals surface area contributed by atoms with Crippen LogP contribution in [0.5, 0.6) is 5.88 Å². The van der Waals surface area contributed by atoms with Gasteiger partial charge in [-0.15, -0.1) is 12.4 Å². The lowest BCUT2D eigenvalue weighted by Gasteiger charge is -2.35. The number of carbonyl (C=O) groups is 2. The number of anilines is 1. The van der Waals surface area contributed by atoms with Crippen LogP contribution < -0.4 is 21.1 Å². The van der Waals surface area contributed by atoms with Crippen LogP contribution in [0, 0.1) is 11.8 Å². The molecule has 5 rings (SSSR count). The summed E-state index contributed by atoms with van der Waals surface area (Å²) in [5.41, 5.74) is 16.0. The maximum absolute atomic E-state index is 14.2. The van der Waals surface area contributed by atoms with Crippen molar-refractivity contribution >= 4 is 41.5 Å². The highest BCUT2D eigenvalue weighted by Gasteiger charge is 2.36. The normalized spacial score (nSPS) is 16.6. The van der Waals surface area contributed by atoms with E-state index in [4.69, 9.17) is 27.8 Å². The molecule has 0 bridgehead atoms. The van der Waals surface area contributed by atoms with Crippen molar-refractivity contribution in [3.8, 4) is 28.4 Å². The van der Waals surface area contributed by atoms with Gasteiger partial charge in [0.1, 0.15) is 6.04 Å². The fraction of sp³-hybridized carbons (Fsp3) is 0.400. The lowest BCUT2D eigenvalue weighted by Crippen LogP contribution is -2.52. The molecule has 48 heavy (non-hydrogen) atoms. The molecule has 2 aromatic heterocycles. The predicted octanol–water partition coefficient (Wildman–Crippen LogP) is 5.13. The van der Waals surface area contributed by atoms with Crippen molar-refractivity contribution in [3.63, 3.8) is 0 Å². The first kappa shape index (κ1) is 36.8. The summed E-state index contributed by atoms with van der Waals surface area (Å²) in [6, 6.07) is 18.1. The van der Waals surface area contributed by atoms with E-state index in [-0.39, 0.29) is 35.9 Å².